The summed E-state index contributed by atoms with van der Waals surface area (Å²) in [5.74, 6) is -0.00574. The Kier molecular flexibility index (Phi) is 2.60. The molecule has 0 bridgehead atoms. The summed E-state index contributed by atoms with van der Waals surface area (Å²) in [5, 5.41) is 3.41. The molecule has 0 aliphatic heterocycles. The lowest BCUT2D eigenvalue weighted by Crippen LogP contribution is -2.13. The van der Waals surface area contributed by atoms with Crippen LogP contribution >= 0.6 is 0 Å². The van der Waals surface area contributed by atoms with Crippen LogP contribution in [0.5, 0.6) is 0 Å². The number of nitrogens with two attached hydrogens (primary N) is 1. The van der Waals surface area contributed by atoms with Crippen molar-refractivity contribution in [3.8, 4) is 0 Å². The van der Waals surface area contributed by atoms with Gasteiger partial charge in [0.25, 0.3) is 5.91 Å². The normalized spacial score (nSPS) is 10.5. The summed E-state index contributed by atoms with van der Waals surface area (Å²) in [7, 11) is 0. The number of carbonyl (C=O) groups excluding carboxylic acids is 1. The zero-order valence-corrected chi connectivity index (χ0v) is 9.92. The average molecular weight is 253 g/mol. The van der Waals surface area contributed by atoms with Gasteiger partial charge in [-0.05, 0) is 24.3 Å². The first-order valence-corrected chi connectivity index (χ1v) is 5.69. The zero-order chi connectivity index (χ0) is 13.2. The number of rotatable bonds is 2. The molecular weight excluding hydrogens is 242 g/mol. The van der Waals surface area contributed by atoms with Gasteiger partial charge in [0.1, 0.15) is 0 Å². The van der Waals surface area contributed by atoms with E-state index in [1.54, 1.807) is 36.8 Å². The van der Waals surface area contributed by atoms with Crippen LogP contribution in [0, 0.1) is 0 Å². The highest BCUT2D eigenvalue weighted by molar-refractivity contribution is 6.12. The van der Waals surface area contributed by atoms with Gasteiger partial charge in [0.2, 0.25) is 5.95 Å². The second-order valence-corrected chi connectivity index (χ2v) is 4.03. The minimum atomic E-state index is -0.275. The number of nitrogen functional groups attached to an aromatic ring is 1. The summed E-state index contributed by atoms with van der Waals surface area (Å²) in [6, 6.07) is 7.05. The van der Waals surface area contributed by atoms with Gasteiger partial charge in [-0.15, -0.1) is 0 Å². The van der Waals surface area contributed by atoms with Crippen LogP contribution in [0.25, 0.3) is 10.9 Å². The number of aromatic amines is 1. The molecule has 4 N–H and O–H groups in total. The molecule has 0 saturated heterocycles. The molecule has 0 spiro atoms. The summed E-state index contributed by atoms with van der Waals surface area (Å²) < 4.78 is 0. The number of benzene rings is 1. The summed E-state index contributed by atoms with van der Waals surface area (Å²) in [6.07, 6.45) is 4.77. The second-order valence-electron chi connectivity index (χ2n) is 4.03. The Labute approximate surface area is 108 Å². The van der Waals surface area contributed by atoms with Gasteiger partial charge in [0, 0.05) is 35.2 Å². The highest BCUT2D eigenvalue weighted by Crippen LogP contribution is 2.21. The lowest BCUT2D eigenvalue weighted by Gasteiger charge is -2.02. The Hall–Kier alpha value is -2.89. The number of nitrogens with one attached hydrogen (secondary N) is 2. The van der Waals surface area contributed by atoms with Crippen LogP contribution in [-0.2, 0) is 0 Å². The lowest BCUT2D eigenvalue weighted by molar-refractivity contribution is 0.102. The van der Waals surface area contributed by atoms with E-state index in [1.165, 1.54) is 0 Å². The molecule has 0 aliphatic carbocycles. The highest BCUT2D eigenvalue weighted by atomic mass is 16.1. The molecule has 0 aliphatic rings. The molecule has 2 aromatic heterocycles. The van der Waals surface area contributed by atoms with E-state index in [1.807, 2.05) is 6.07 Å². The molecule has 0 radical (unpaired) electrons. The molecule has 1 aromatic carbocycles. The van der Waals surface area contributed by atoms with E-state index >= 15 is 0 Å². The quantitative estimate of drug-likeness (QED) is 0.606. The molecule has 0 saturated carbocycles. The Bertz CT molecular complexity index is 735. The van der Waals surface area contributed by atoms with Crippen LogP contribution in [0.1, 0.15) is 10.4 Å². The van der Waals surface area contributed by atoms with Gasteiger partial charge in [-0.1, -0.05) is 0 Å². The molecule has 3 rings (SSSR count). The van der Waals surface area contributed by atoms with Crippen molar-refractivity contribution < 1.29 is 4.79 Å². The third kappa shape index (κ3) is 2.11. The van der Waals surface area contributed by atoms with Crippen LogP contribution < -0.4 is 11.1 Å². The van der Waals surface area contributed by atoms with E-state index in [-0.39, 0.29) is 11.9 Å². The highest BCUT2D eigenvalue weighted by Gasteiger charge is 2.13. The van der Waals surface area contributed by atoms with Crippen molar-refractivity contribution in [3.63, 3.8) is 0 Å². The average Bonchev–Trinajstić information content (AvgIpc) is 2.82. The maximum absolute atomic E-state index is 12.1. The molecule has 1 amide bonds. The fourth-order valence-electron chi connectivity index (χ4n) is 1.86. The van der Waals surface area contributed by atoms with Crippen molar-refractivity contribution in [1.29, 1.82) is 0 Å². The van der Waals surface area contributed by atoms with E-state index in [0.29, 0.717) is 11.3 Å². The number of amides is 1. The molecule has 6 nitrogen and oxygen atoms in total. The second kappa shape index (κ2) is 4.41. The molecule has 3 aromatic rings. The topological polar surface area (TPSA) is 96.7 Å². The predicted molar refractivity (Wildman–Crippen MR) is 72.7 cm³/mol. The van der Waals surface area contributed by atoms with Crippen molar-refractivity contribution in [2.75, 3.05) is 11.1 Å². The number of H-pyrrole nitrogens is 1. The van der Waals surface area contributed by atoms with Crippen molar-refractivity contribution >= 4 is 28.4 Å². The van der Waals surface area contributed by atoms with Gasteiger partial charge in [0.15, 0.2) is 0 Å². The van der Waals surface area contributed by atoms with Gasteiger partial charge in [0.05, 0.1) is 5.56 Å². The van der Waals surface area contributed by atoms with E-state index in [4.69, 9.17) is 5.73 Å². The lowest BCUT2D eigenvalue weighted by atomic mass is 10.1. The van der Waals surface area contributed by atoms with E-state index < -0.39 is 0 Å². The van der Waals surface area contributed by atoms with Crippen molar-refractivity contribution in [1.82, 2.24) is 15.0 Å². The number of carbonyl (C=O) groups is 1. The Morgan fingerprint density at radius 3 is 2.84 bits per heavy atom. The first-order valence-electron chi connectivity index (χ1n) is 5.69. The summed E-state index contributed by atoms with van der Waals surface area (Å²) >= 11 is 0. The van der Waals surface area contributed by atoms with Crippen LogP contribution in [0.2, 0.25) is 0 Å². The first-order chi connectivity index (χ1) is 9.24. The van der Waals surface area contributed by atoms with Gasteiger partial charge in [-0.2, -0.15) is 0 Å². The molecule has 0 unspecified atom stereocenters. The maximum Gasteiger partial charge on any atom is 0.260 e. The molecule has 94 valence electrons. The molecular formula is C13H11N5O. The number of fused-ring (bicyclic) bond motifs is 1. The van der Waals surface area contributed by atoms with Crippen LogP contribution in [0.3, 0.4) is 0 Å². The number of nitrogens with zero attached hydrogens (tertiary/aromatic N) is 2. The minimum Gasteiger partial charge on any atom is -0.399 e. The predicted octanol–water partition coefficient (Wildman–Crippen LogP) is 1.79. The van der Waals surface area contributed by atoms with Crippen LogP contribution in [0.15, 0.2) is 42.9 Å². The fraction of sp³-hybridized carbons (Fsp3) is 0. The van der Waals surface area contributed by atoms with E-state index in [0.717, 1.165) is 10.9 Å². The van der Waals surface area contributed by atoms with Gasteiger partial charge in [-0.3, -0.25) is 10.1 Å². The maximum atomic E-state index is 12.1. The molecule has 6 heteroatoms. The van der Waals surface area contributed by atoms with E-state index in [2.05, 4.69) is 20.3 Å². The number of hydrogen-bond acceptors (Lipinski definition) is 4. The number of aromatic nitrogens is 3. The van der Waals surface area contributed by atoms with Gasteiger partial charge < -0.3 is 10.7 Å². The Morgan fingerprint density at radius 2 is 2.05 bits per heavy atom. The van der Waals surface area contributed by atoms with Gasteiger partial charge >= 0.3 is 0 Å². The third-order valence-electron chi connectivity index (χ3n) is 2.74. The standard InChI is InChI=1S/C13H11N5O/c14-8-2-3-11-9(6-8)10(7-17-11)12(19)18-13-15-4-1-5-16-13/h1-7,17H,14H2,(H,15,16,18,19). The minimum absolute atomic E-state index is 0.269. The molecule has 0 atom stereocenters. The van der Waals surface area contributed by atoms with Crippen molar-refractivity contribution in [3.05, 3.63) is 48.4 Å². The number of anilines is 2. The van der Waals surface area contributed by atoms with E-state index in [9.17, 15) is 4.79 Å². The summed E-state index contributed by atoms with van der Waals surface area (Å²) in [4.78, 5) is 23.1. The van der Waals surface area contributed by atoms with Crippen molar-refractivity contribution in [2.45, 2.75) is 0 Å². The monoisotopic (exact) mass is 253 g/mol. The first kappa shape index (κ1) is 11.2. The van der Waals surface area contributed by atoms with Gasteiger partial charge in [-0.25, -0.2) is 9.97 Å². The summed E-state index contributed by atoms with van der Waals surface area (Å²) in [5.41, 5.74) is 7.71. The Balaban J connectivity index is 1.96. The third-order valence-corrected chi connectivity index (χ3v) is 2.74. The molecule has 19 heavy (non-hydrogen) atoms. The van der Waals surface area contributed by atoms with Crippen LogP contribution in [0.4, 0.5) is 11.6 Å². The SMILES string of the molecule is Nc1ccc2[nH]cc(C(=O)Nc3ncccn3)c2c1. The molecule has 2 heterocycles. The fourth-order valence-corrected chi connectivity index (χ4v) is 1.86. The Morgan fingerprint density at radius 1 is 1.26 bits per heavy atom. The molecule has 0 fully saturated rings. The van der Waals surface area contributed by atoms with Crippen molar-refractivity contribution in [2.24, 2.45) is 0 Å². The zero-order valence-electron chi connectivity index (χ0n) is 9.92. The van der Waals surface area contributed by atoms with Crippen LogP contribution in [-0.4, -0.2) is 20.9 Å². The summed E-state index contributed by atoms with van der Waals surface area (Å²) in [6.45, 7) is 0. The number of hydrogen-bond donors (Lipinski definition) is 3. The largest absolute Gasteiger partial charge is 0.399 e. The smallest absolute Gasteiger partial charge is 0.260 e.